The average molecular weight is 373 g/mol. The summed E-state index contributed by atoms with van der Waals surface area (Å²) in [4.78, 5) is 36.4. The molecule has 1 aromatic rings. The predicted octanol–water partition coefficient (Wildman–Crippen LogP) is 0.741. The van der Waals surface area contributed by atoms with E-state index in [2.05, 4.69) is 16.0 Å². The number of amides is 4. The van der Waals surface area contributed by atoms with E-state index in [4.69, 9.17) is 9.47 Å². The smallest absolute Gasteiger partial charge is 0.322 e. The molecule has 0 aromatic heterocycles. The third-order valence-electron chi connectivity index (χ3n) is 5.86. The van der Waals surface area contributed by atoms with Gasteiger partial charge in [0.25, 0.3) is 5.91 Å². The number of carbonyl (C=O) groups is 3. The first-order valence-corrected chi connectivity index (χ1v) is 9.23. The summed E-state index contributed by atoms with van der Waals surface area (Å²) in [6.07, 6.45) is 2.80. The molecular formula is C19H23N3O5. The maximum atomic E-state index is 12.7. The summed E-state index contributed by atoms with van der Waals surface area (Å²) in [5, 5.41) is 8.05. The summed E-state index contributed by atoms with van der Waals surface area (Å²) in [6, 6.07) is 5.12. The summed E-state index contributed by atoms with van der Waals surface area (Å²) >= 11 is 0. The van der Waals surface area contributed by atoms with Crippen molar-refractivity contribution >= 4 is 17.8 Å². The molecule has 4 rings (SSSR count). The molecule has 8 nitrogen and oxygen atoms in total. The standard InChI is InChI=1S/C19H23N3O5/c1-26-14-4-5-15-11(8-14)7-12(10-27-15)16(23)20-9-13-3-2-6-19(13)17(24)21-18(25)22-19/h4-5,8,12-13H,2-3,6-7,9-10H2,1H3,(H,20,23)(H2,21,22,24,25). The average Bonchev–Trinajstić information content (AvgIpc) is 3.21. The summed E-state index contributed by atoms with van der Waals surface area (Å²) in [6.45, 7) is 0.673. The van der Waals surface area contributed by atoms with Gasteiger partial charge in [0.05, 0.1) is 13.0 Å². The number of hydrogen-bond acceptors (Lipinski definition) is 5. The van der Waals surface area contributed by atoms with Crippen LogP contribution in [0.25, 0.3) is 0 Å². The molecule has 4 amide bonds. The molecule has 1 aromatic carbocycles. The fourth-order valence-corrected chi connectivity index (χ4v) is 4.36. The van der Waals surface area contributed by atoms with E-state index in [9.17, 15) is 14.4 Å². The third-order valence-corrected chi connectivity index (χ3v) is 5.86. The van der Waals surface area contributed by atoms with Gasteiger partial charge in [-0.25, -0.2) is 4.79 Å². The number of carbonyl (C=O) groups excluding carboxylic acids is 3. The molecular weight excluding hydrogens is 350 g/mol. The van der Waals surface area contributed by atoms with Crippen molar-refractivity contribution in [2.45, 2.75) is 31.2 Å². The van der Waals surface area contributed by atoms with Crippen LogP contribution in [0.2, 0.25) is 0 Å². The Morgan fingerprint density at radius 1 is 1.41 bits per heavy atom. The first-order valence-electron chi connectivity index (χ1n) is 9.23. The fraction of sp³-hybridized carbons (Fsp3) is 0.526. The van der Waals surface area contributed by atoms with Gasteiger partial charge >= 0.3 is 6.03 Å². The number of benzene rings is 1. The largest absolute Gasteiger partial charge is 0.497 e. The van der Waals surface area contributed by atoms with E-state index in [1.54, 1.807) is 7.11 Å². The second-order valence-corrected chi connectivity index (χ2v) is 7.40. The topological polar surface area (TPSA) is 106 Å². The van der Waals surface area contributed by atoms with Gasteiger partial charge in [0.1, 0.15) is 23.6 Å². The lowest BCUT2D eigenvalue weighted by atomic mass is 9.86. The molecule has 3 aliphatic rings. The maximum absolute atomic E-state index is 12.7. The van der Waals surface area contributed by atoms with Gasteiger partial charge in [0.15, 0.2) is 0 Å². The van der Waals surface area contributed by atoms with E-state index in [1.807, 2.05) is 18.2 Å². The lowest BCUT2D eigenvalue weighted by molar-refractivity contribution is -0.128. The summed E-state index contributed by atoms with van der Waals surface area (Å²) in [5.41, 5.74) is 0.0634. The van der Waals surface area contributed by atoms with Crippen LogP contribution < -0.4 is 25.4 Å². The number of ether oxygens (including phenoxy) is 2. The minimum Gasteiger partial charge on any atom is -0.497 e. The highest BCUT2D eigenvalue weighted by Crippen LogP contribution is 2.37. The van der Waals surface area contributed by atoms with Crippen molar-refractivity contribution in [1.29, 1.82) is 0 Å². The quantitative estimate of drug-likeness (QED) is 0.675. The van der Waals surface area contributed by atoms with Crippen LogP contribution in [-0.4, -0.2) is 43.6 Å². The Kier molecular flexibility index (Phi) is 4.41. The molecule has 3 N–H and O–H groups in total. The molecule has 2 fully saturated rings. The molecule has 8 heteroatoms. The third kappa shape index (κ3) is 3.09. The van der Waals surface area contributed by atoms with E-state index in [-0.39, 0.29) is 23.7 Å². The molecule has 3 atom stereocenters. The van der Waals surface area contributed by atoms with Crippen LogP contribution in [0.3, 0.4) is 0 Å². The van der Waals surface area contributed by atoms with E-state index in [0.717, 1.165) is 29.9 Å². The van der Waals surface area contributed by atoms with Gasteiger partial charge in [0, 0.05) is 12.5 Å². The molecule has 144 valence electrons. The number of methoxy groups -OCH3 is 1. The van der Waals surface area contributed by atoms with Gasteiger partial charge in [-0.15, -0.1) is 0 Å². The van der Waals surface area contributed by atoms with E-state index >= 15 is 0 Å². The SMILES string of the molecule is COc1ccc2c(c1)CC(C(=O)NCC1CCCC13NC(=O)NC3=O)CO2. The van der Waals surface area contributed by atoms with Crippen molar-refractivity contribution in [3.05, 3.63) is 23.8 Å². The first kappa shape index (κ1) is 17.6. The highest BCUT2D eigenvalue weighted by molar-refractivity contribution is 6.07. The Morgan fingerprint density at radius 3 is 3.00 bits per heavy atom. The Morgan fingerprint density at radius 2 is 2.26 bits per heavy atom. The predicted molar refractivity (Wildman–Crippen MR) is 95.4 cm³/mol. The highest BCUT2D eigenvalue weighted by atomic mass is 16.5. The maximum Gasteiger partial charge on any atom is 0.322 e. The minimum absolute atomic E-state index is 0.102. The fourth-order valence-electron chi connectivity index (χ4n) is 4.36. The molecule has 1 spiro atoms. The van der Waals surface area contributed by atoms with Gasteiger partial charge in [-0.1, -0.05) is 6.42 Å². The van der Waals surface area contributed by atoms with Crippen LogP contribution in [-0.2, 0) is 16.0 Å². The van der Waals surface area contributed by atoms with Crippen LogP contribution in [0, 0.1) is 11.8 Å². The summed E-state index contributed by atoms with van der Waals surface area (Å²) in [7, 11) is 1.60. The lowest BCUT2D eigenvalue weighted by Gasteiger charge is -2.29. The van der Waals surface area contributed by atoms with Crippen LogP contribution in [0.4, 0.5) is 4.79 Å². The number of fused-ring (bicyclic) bond motifs is 1. The van der Waals surface area contributed by atoms with Gasteiger partial charge in [-0.05, 0) is 43.0 Å². The van der Waals surface area contributed by atoms with E-state index in [0.29, 0.717) is 26.0 Å². The zero-order valence-electron chi connectivity index (χ0n) is 15.2. The Balaban J connectivity index is 1.38. The van der Waals surface area contributed by atoms with Crippen molar-refractivity contribution in [2.24, 2.45) is 11.8 Å². The summed E-state index contributed by atoms with van der Waals surface area (Å²) in [5.74, 6) is 0.717. The van der Waals surface area contributed by atoms with Gasteiger partial charge < -0.3 is 20.1 Å². The van der Waals surface area contributed by atoms with E-state index in [1.165, 1.54) is 0 Å². The molecule has 2 aliphatic heterocycles. The lowest BCUT2D eigenvalue weighted by Crippen LogP contribution is -2.53. The minimum atomic E-state index is -0.882. The van der Waals surface area contributed by atoms with Crippen molar-refractivity contribution < 1.29 is 23.9 Å². The van der Waals surface area contributed by atoms with Crippen LogP contribution in [0.15, 0.2) is 18.2 Å². The molecule has 1 saturated heterocycles. The van der Waals surface area contributed by atoms with Crippen molar-refractivity contribution in [3.8, 4) is 11.5 Å². The normalized spacial score (nSPS) is 28.9. The molecule has 0 radical (unpaired) electrons. The number of imide groups is 1. The summed E-state index contributed by atoms with van der Waals surface area (Å²) < 4.78 is 11.0. The van der Waals surface area contributed by atoms with Gasteiger partial charge in [-0.3, -0.25) is 14.9 Å². The molecule has 2 heterocycles. The molecule has 3 unspecified atom stereocenters. The number of nitrogens with one attached hydrogen (secondary N) is 3. The van der Waals surface area contributed by atoms with Gasteiger partial charge in [0.2, 0.25) is 5.91 Å². The Bertz CT molecular complexity index is 796. The number of rotatable bonds is 4. The molecule has 1 aliphatic carbocycles. The van der Waals surface area contributed by atoms with Gasteiger partial charge in [-0.2, -0.15) is 0 Å². The Hall–Kier alpha value is -2.77. The Labute approximate surface area is 157 Å². The van der Waals surface area contributed by atoms with Crippen molar-refractivity contribution in [2.75, 3.05) is 20.3 Å². The number of urea groups is 1. The highest BCUT2D eigenvalue weighted by Gasteiger charge is 2.54. The molecule has 0 bridgehead atoms. The second-order valence-electron chi connectivity index (χ2n) is 7.40. The van der Waals surface area contributed by atoms with Crippen LogP contribution >= 0.6 is 0 Å². The van der Waals surface area contributed by atoms with Crippen LogP contribution in [0.5, 0.6) is 11.5 Å². The van der Waals surface area contributed by atoms with Crippen LogP contribution in [0.1, 0.15) is 24.8 Å². The first-order chi connectivity index (χ1) is 13.0. The van der Waals surface area contributed by atoms with Crippen molar-refractivity contribution in [1.82, 2.24) is 16.0 Å². The zero-order valence-corrected chi connectivity index (χ0v) is 15.2. The zero-order chi connectivity index (χ0) is 19.0. The van der Waals surface area contributed by atoms with Crippen molar-refractivity contribution in [3.63, 3.8) is 0 Å². The molecule has 1 saturated carbocycles. The molecule has 27 heavy (non-hydrogen) atoms. The second kappa shape index (κ2) is 6.75. The van der Waals surface area contributed by atoms with E-state index < -0.39 is 11.6 Å². The number of hydrogen-bond donors (Lipinski definition) is 3. The monoisotopic (exact) mass is 373 g/mol.